The van der Waals surface area contributed by atoms with Gasteiger partial charge in [-0.3, -0.25) is 0 Å². The Morgan fingerprint density at radius 3 is 2.89 bits per heavy atom. The Bertz CT molecular complexity index is 375. The standard InChI is InChI=1S/C14H23N3O/c1-3-18-13-6-4-5-12(17-13)16-11-14(2)7-9-15-10-8-14/h4-6,15H,3,7-11H2,1-2H3,(H,16,17). The third-order valence-electron chi connectivity index (χ3n) is 3.52. The average molecular weight is 249 g/mol. The summed E-state index contributed by atoms with van der Waals surface area (Å²) in [6, 6.07) is 5.86. The number of aromatic nitrogens is 1. The zero-order valence-electron chi connectivity index (χ0n) is 11.3. The Balaban J connectivity index is 1.90. The summed E-state index contributed by atoms with van der Waals surface area (Å²) in [5, 5.41) is 6.84. The van der Waals surface area contributed by atoms with Gasteiger partial charge in [0.25, 0.3) is 0 Å². The molecule has 0 atom stereocenters. The van der Waals surface area contributed by atoms with Gasteiger partial charge in [0.1, 0.15) is 5.82 Å². The van der Waals surface area contributed by atoms with Gasteiger partial charge < -0.3 is 15.4 Å². The van der Waals surface area contributed by atoms with E-state index in [4.69, 9.17) is 4.74 Å². The van der Waals surface area contributed by atoms with E-state index in [-0.39, 0.29) is 0 Å². The first-order chi connectivity index (χ1) is 8.72. The lowest BCUT2D eigenvalue weighted by Gasteiger charge is -2.34. The molecule has 1 fully saturated rings. The predicted molar refractivity (Wildman–Crippen MR) is 74.1 cm³/mol. The molecular weight excluding hydrogens is 226 g/mol. The SMILES string of the molecule is CCOc1cccc(NCC2(C)CCNCC2)n1. The average Bonchev–Trinajstić information content (AvgIpc) is 2.38. The maximum Gasteiger partial charge on any atom is 0.215 e. The number of hydrogen-bond acceptors (Lipinski definition) is 4. The highest BCUT2D eigenvalue weighted by Crippen LogP contribution is 2.28. The zero-order chi connectivity index (χ0) is 12.8. The maximum atomic E-state index is 5.40. The van der Waals surface area contributed by atoms with Crippen molar-refractivity contribution in [3.8, 4) is 5.88 Å². The zero-order valence-corrected chi connectivity index (χ0v) is 11.3. The van der Waals surface area contributed by atoms with Gasteiger partial charge in [-0.2, -0.15) is 4.98 Å². The van der Waals surface area contributed by atoms with Crippen LogP contribution < -0.4 is 15.4 Å². The van der Waals surface area contributed by atoms with Gasteiger partial charge in [-0.25, -0.2) is 0 Å². The quantitative estimate of drug-likeness (QED) is 0.840. The van der Waals surface area contributed by atoms with Crippen LogP contribution in [-0.4, -0.2) is 31.2 Å². The van der Waals surface area contributed by atoms with Crippen molar-refractivity contribution >= 4 is 5.82 Å². The molecule has 0 aliphatic carbocycles. The maximum absolute atomic E-state index is 5.40. The van der Waals surface area contributed by atoms with E-state index in [1.54, 1.807) is 0 Å². The van der Waals surface area contributed by atoms with Gasteiger partial charge >= 0.3 is 0 Å². The number of nitrogens with zero attached hydrogens (tertiary/aromatic N) is 1. The van der Waals surface area contributed by atoms with Crippen LogP contribution in [0.4, 0.5) is 5.82 Å². The van der Waals surface area contributed by atoms with E-state index in [0.29, 0.717) is 17.9 Å². The summed E-state index contributed by atoms with van der Waals surface area (Å²) < 4.78 is 5.40. The second-order valence-corrected chi connectivity index (χ2v) is 5.21. The Morgan fingerprint density at radius 1 is 1.39 bits per heavy atom. The van der Waals surface area contributed by atoms with Crippen molar-refractivity contribution in [3.63, 3.8) is 0 Å². The Labute approximate surface area is 109 Å². The van der Waals surface area contributed by atoms with Crippen LogP contribution in [0.3, 0.4) is 0 Å². The van der Waals surface area contributed by atoms with E-state index in [9.17, 15) is 0 Å². The molecule has 4 heteroatoms. The molecule has 1 aliphatic rings. The first-order valence-electron chi connectivity index (χ1n) is 6.76. The lowest BCUT2D eigenvalue weighted by molar-refractivity contribution is 0.247. The third-order valence-corrected chi connectivity index (χ3v) is 3.52. The van der Waals surface area contributed by atoms with Gasteiger partial charge in [0.15, 0.2) is 0 Å². The molecule has 2 N–H and O–H groups in total. The van der Waals surface area contributed by atoms with Crippen LogP contribution in [0.1, 0.15) is 26.7 Å². The first kappa shape index (κ1) is 13.1. The second kappa shape index (κ2) is 6.05. The molecule has 0 aromatic carbocycles. The van der Waals surface area contributed by atoms with E-state index in [2.05, 4.69) is 22.5 Å². The van der Waals surface area contributed by atoms with Gasteiger partial charge in [0, 0.05) is 12.6 Å². The smallest absolute Gasteiger partial charge is 0.215 e. The highest BCUT2D eigenvalue weighted by Gasteiger charge is 2.26. The summed E-state index contributed by atoms with van der Waals surface area (Å²) in [6.07, 6.45) is 2.43. The summed E-state index contributed by atoms with van der Waals surface area (Å²) >= 11 is 0. The summed E-state index contributed by atoms with van der Waals surface area (Å²) in [7, 11) is 0. The van der Waals surface area contributed by atoms with E-state index in [1.807, 2.05) is 25.1 Å². The van der Waals surface area contributed by atoms with Crippen molar-refractivity contribution in [2.24, 2.45) is 5.41 Å². The molecule has 1 saturated heterocycles. The molecule has 2 heterocycles. The van der Waals surface area contributed by atoms with E-state index in [0.717, 1.165) is 25.5 Å². The fourth-order valence-corrected chi connectivity index (χ4v) is 2.25. The summed E-state index contributed by atoms with van der Waals surface area (Å²) in [4.78, 5) is 4.43. The van der Waals surface area contributed by atoms with Gasteiger partial charge in [0.2, 0.25) is 5.88 Å². The highest BCUT2D eigenvalue weighted by atomic mass is 16.5. The normalized spacial score (nSPS) is 18.3. The molecule has 1 aromatic heterocycles. The number of nitrogens with one attached hydrogen (secondary N) is 2. The molecule has 4 nitrogen and oxygen atoms in total. The topological polar surface area (TPSA) is 46.2 Å². The van der Waals surface area contributed by atoms with E-state index < -0.39 is 0 Å². The third kappa shape index (κ3) is 3.60. The van der Waals surface area contributed by atoms with Crippen LogP contribution in [0.5, 0.6) is 5.88 Å². The van der Waals surface area contributed by atoms with Crippen LogP contribution in [-0.2, 0) is 0 Å². The molecule has 100 valence electrons. The minimum atomic E-state index is 0.370. The van der Waals surface area contributed by atoms with E-state index in [1.165, 1.54) is 12.8 Å². The summed E-state index contributed by atoms with van der Waals surface area (Å²) in [6.45, 7) is 8.16. The minimum absolute atomic E-state index is 0.370. The summed E-state index contributed by atoms with van der Waals surface area (Å²) in [5.74, 6) is 1.60. The van der Waals surface area contributed by atoms with Crippen LogP contribution >= 0.6 is 0 Å². The first-order valence-corrected chi connectivity index (χ1v) is 6.76. The number of ether oxygens (including phenoxy) is 1. The van der Waals surface area contributed by atoms with Crippen LogP contribution in [0.15, 0.2) is 18.2 Å². The van der Waals surface area contributed by atoms with Gasteiger partial charge in [-0.15, -0.1) is 0 Å². The van der Waals surface area contributed by atoms with Crippen molar-refractivity contribution < 1.29 is 4.74 Å². The number of rotatable bonds is 5. The molecule has 2 rings (SSSR count). The Kier molecular flexibility index (Phi) is 4.42. The van der Waals surface area contributed by atoms with Gasteiger partial charge in [-0.1, -0.05) is 13.0 Å². The number of pyridine rings is 1. The number of piperidine rings is 1. The van der Waals surface area contributed by atoms with Gasteiger partial charge in [-0.05, 0) is 44.3 Å². The molecule has 0 bridgehead atoms. The molecule has 0 unspecified atom stereocenters. The molecular formula is C14H23N3O. The number of hydrogen-bond donors (Lipinski definition) is 2. The van der Waals surface area contributed by atoms with Crippen LogP contribution in [0.25, 0.3) is 0 Å². The molecule has 1 aliphatic heterocycles. The van der Waals surface area contributed by atoms with Gasteiger partial charge in [0.05, 0.1) is 6.61 Å². The molecule has 0 spiro atoms. The lowest BCUT2D eigenvalue weighted by Crippen LogP contribution is -2.39. The van der Waals surface area contributed by atoms with E-state index >= 15 is 0 Å². The Hall–Kier alpha value is -1.29. The highest BCUT2D eigenvalue weighted by molar-refractivity contribution is 5.37. The molecule has 0 amide bonds. The van der Waals surface area contributed by atoms with Crippen molar-refractivity contribution in [3.05, 3.63) is 18.2 Å². The lowest BCUT2D eigenvalue weighted by atomic mass is 9.81. The van der Waals surface area contributed by atoms with Crippen molar-refractivity contribution in [2.75, 3.05) is 31.6 Å². The number of anilines is 1. The fraction of sp³-hybridized carbons (Fsp3) is 0.643. The summed E-state index contributed by atoms with van der Waals surface area (Å²) in [5.41, 5.74) is 0.370. The molecule has 1 aromatic rings. The van der Waals surface area contributed by atoms with Crippen molar-refractivity contribution in [1.29, 1.82) is 0 Å². The monoisotopic (exact) mass is 249 g/mol. The minimum Gasteiger partial charge on any atom is -0.478 e. The van der Waals surface area contributed by atoms with Crippen LogP contribution in [0, 0.1) is 5.41 Å². The molecule has 0 radical (unpaired) electrons. The van der Waals surface area contributed by atoms with Crippen molar-refractivity contribution in [1.82, 2.24) is 10.3 Å². The van der Waals surface area contributed by atoms with Crippen molar-refractivity contribution in [2.45, 2.75) is 26.7 Å². The largest absolute Gasteiger partial charge is 0.478 e. The fourth-order valence-electron chi connectivity index (χ4n) is 2.25. The predicted octanol–water partition coefficient (Wildman–Crippen LogP) is 2.28. The molecule has 18 heavy (non-hydrogen) atoms. The second-order valence-electron chi connectivity index (χ2n) is 5.21. The van der Waals surface area contributed by atoms with Crippen LogP contribution in [0.2, 0.25) is 0 Å². The molecule has 0 saturated carbocycles. The Morgan fingerprint density at radius 2 is 2.17 bits per heavy atom.